The zero-order valence-electron chi connectivity index (χ0n) is 9.25. The van der Waals surface area contributed by atoms with Crippen molar-refractivity contribution < 1.29 is 9.21 Å². The van der Waals surface area contributed by atoms with Crippen LogP contribution in [0.4, 0.5) is 0 Å². The molecule has 84 valence electrons. The summed E-state index contributed by atoms with van der Waals surface area (Å²) in [7, 11) is 0. The lowest BCUT2D eigenvalue weighted by Crippen LogP contribution is -2.37. The van der Waals surface area contributed by atoms with Crippen LogP contribution in [0.5, 0.6) is 0 Å². The Bertz CT molecular complexity index is 304. The zero-order chi connectivity index (χ0) is 11.3. The van der Waals surface area contributed by atoms with Crippen molar-refractivity contribution in [3.05, 3.63) is 24.2 Å². The Morgan fingerprint density at radius 2 is 2.33 bits per heavy atom. The maximum absolute atomic E-state index is 11.7. The van der Waals surface area contributed by atoms with Gasteiger partial charge in [-0.25, -0.2) is 0 Å². The molecule has 0 fully saturated rings. The summed E-state index contributed by atoms with van der Waals surface area (Å²) >= 11 is 0. The lowest BCUT2D eigenvalue weighted by Gasteiger charge is -2.22. The molecular formula is C11H18N2O2. The van der Waals surface area contributed by atoms with Gasteiger partial charge in [0.05, 0.1) is 12.8 Å². The third kappa shape index (κ3) is 3.40. The minimum Gasteiger partial charge on any atom is -0.467 e. The molecule has 4 nitrogen and oxygen atoms in total. The van der Waals surface area contributed by atoms with E-state index in [4.69, 9.17) is 10.2 Å². The van der Waals surface area contributed by atoms with Gasteiger partial charge < -0.3 is 15.5 Å². The molecule has 4 heteroatoms. The quantitative estimate of drug-likeness (QED) is 0.769. The number of carbonyl (C=O) groups is 1. The first-order valence-corrected chi connectivity index (χ1v) is 5.07. The molecule has 1 amide bonds. The van der Waals surface area contributed by atoms with Gasteiger partial charge in [0.25, 0.3) is 0 Å². The molecule has 0 aliphatic heterocycles. The van der Waals surface area contributed by atoms with Crippen molar-refractivity contribution in [2.24, 2.45) is 11.1 Å². The van der Waals surface area contributed by atoms with E-state index in [1.54, 1.807) is 12.3 Å². The summed E-state index contributed by atoms with van der Waals surface area (Å²) in [4.78, 5) is 11.7. The van der Waals surface area contributed by atoms with Gasteiger partial charge in [-0.05, 0) is 25.1 Å². The van der Waals surface area contributed by atoms with Crippen LogP contribution in [0.25, 0.3) is 0 Å². The lowest BCUT2D eigenvalue weighted by atomic mass is 9.88. The van der Waals surface area contributed by atoms with Crippen molar-refractivity contribution in [3.63, 3.8) is 0 Å². The fourth-order valence-electron chi connectivity index (χ4n) is 1.29. The summed E-state index contributed by atoms with van der Waals surface area (Å²) in [6.45, 7) is 4.72. The van der Waals surface area contributed by atoms with E-state index in [-0.39, 0.29) is 5.91 Å². The van der Waals surface area contributed by atoms with Gasteiger partial charge in [0.15, 0.2) is 0 Å². The van der Waals surface area contributed by atoms with Gasteiger partial charge in [0, 0.05) is 5.41 Å². The summed E-state index contributed by atoms with van der Waals surface area (Å²) < 4.78 is 5.12. The largest absolute Gasteiger partial charge is 0.467 e. The fraction of sp³-hybridized carbons (Fsp3) is 0.545. The maximum atomic E-state index is 11.7. The Balaban J connectivity index is 2.42. The van der Waals surface area contributed by atoms with Gasteiger partial charge in [-0.3, -0.25) is 4.79 Å². The average Bonchev–Trinajstić information content (AvgIpc) is 2.66. The highest BCUT2D eigenvalue weighted by molar-refractivity contribution is 5.81. The van der Waals surface area contributed by atoms with Crippen LogP contribution in [0.15, 0.2) is 22.8 Å². The normalized spacial score (nSPS) is 11.4. The fourth-order valence-corrected chi connectivity index (χ4v) is 1.29. The first-order valence-electron chi connectivity index (χ1n) is 5.07. The average molecular weight is 210 g/mol. The van der Waals surface area contributed by atoms with E-state index < -0.39 is 5.41 Å². The van der Waals surface area contributed by atoms with E-state index in [2.05, 4.69) is 5.32 Å². The predicted octanol–water partition coefficient (Wildman–Crippen LogP) is 1.27. The molecule has 15 heavy (non-hydrogen) atoms. The van der Waals surface area contributed by atoms with Crippen molar-refractivity contribution in [2.75, 3.05) is 6.54 Å². The molecule has 1 aromatic heterocycles. The van der Waals surface area contributed by atoms with Crippen molar-refractivity contribution in [1.29, 1.82) is 0 Å². The van der Waals surface area contributed by atoms with Gasteiger partial charge in [-0.15, -0.1) is 0 Å². The van der Waals surface area contributed by atoms with E-state index in [1.165, 1.54) is 0 Å². The van der Waals surface area contributed by atoms with Crippen molar-refractivity contribution in [1.82, 2.24) is 5.32 Å². The van der Waals surface area contributed by atoms with Gasteiger partial charge in [0.1, 0.15) is 5.76 Å². The van der Waals surface area contributed by atoms with Crippen LogP contribution in [-0.2, 0) is 11.3 Å². The molecule has 1 rings (SSSR count). The molecular weight excluding hydrogens is 192 g/mol. The molecule has 0 radical (unpaired) electrons. The monoisotopic (exact) mass is 210 g/mol. The molecule has 0 bridgehead atoms. The molecule has 0 aliphatic carbocycles. The molecule has 0 atom stereocenters. The molecule has 1 aromatic rings. The van der Waals surface area contributed by atoms with Crippen LogP contribution >= 0.6 is 0 Å². The van der Waals surface area contributed by atoms with Gasteiger partial charge in [0.2, 0.25) is 5.91 Å². The second kappa shape index (κ2) is 4.98. The Morgan fingerprint density at radius 3 is 2.87 bits per heavy atom. The number of carbonyl (C=O) groups excluding carboxylic acids is 1. The maximum Gasteiger partial charge on any atom is 0.226 e. The Labute approximate surface area is 89.8 Å². The summed E-state index contributed by atoms with van der Waals surface area (Å²) in [5.41, 5.74) is 5.03. The number of hydrogen-bond donors (Lipinski definition) is 2. The highest BCUT2D eigenvalue weighted by Gasteiger charge is 2.26. The summed E-state index contributed by atoms with van der Waals surface area (Å²) in [5.74, 6) is 0.760. The van der Waals surface area contributed by atoms with E-state index in [0.717, 1.165) is 5.76 Å². The molecule has 0 saturated carbocycles. The summed E-state index contributed by atoms with van der Waals surface area (Å²) in [5, 5.41) is 2.82. The summed E-state index contributed by atoms with van der Waals surface area (Å²) in [6, 6.07) is 3.63. The topological polar surface area (TPSA) is 68.3 Å². The minimum atomic E-state index is -0.415. The van der Waals surface area contributed by atoms with Crippen LogP contribution in [0.1, 0.15) is 26.0 Å². The third-order valence-electron chi connectivity index (χ3n) is 2.39. The number of amides is 1. The van der Waals surface area contributed by atoms with Crippen LogP contribution in [0.3, 0.4) is 0 Å². The van der Waals surface area contributed by atoms with Crippen molar-refractivity contribution in [3.8, 4) is 0 Å². The van der Waals surface area contributed by atoms with Crippen molar-refractivity contribution in [2.45, 2.75) is 26.8 Å². The first-order chi connectivity index (χ1) is 7.06. The second-order valence-electron chi connectivity index (χ2n) is 4.18. The molecule has 0 saturated heterocycles. The van der Waals surface area contributed by atoms with Crippen LogP contribution < -0.4 is 11.1 Å². The molecule has 0 spiro atoms. The smallest absolute Gasteiger partial charge is 0.226 e. The lowest BCUT2D eigenvalue weighted by molar-refractivity contribution is -0.129. The molecule has 3 N–H and O–H groups in total. The number of rotatable bonds is 5. The third-order valence-corrected chi connectivity index (χ3v) is 2.39. The molecule has 0 unspecified atom stereocenters. The van der Waals surface area contributed by atoms with Gasteiger partial charge in [-0.2, -0.15) is 0 Å². The van der Waals surface area contributed by atoms with Crippen molar-refractivity contribution >= 4 is 5.91 Å². The highest BCUT2D eigenvalue weighted by Crippen LogP contribution is 2.19. The van der Waals surface area contributed by atoms with Gasteiger partial charge >= 0.3 is 0 Å². The number of hydrogen-bond acceptors (Lipinski definition) is 3. The van der Waals surface area contributed by atoms with Crippen LogP contribution in [-0.4, -0.2) is 12.5 Å². The van der Waals surface area contributed by atoms with E-state index >= 15 is 0 Å². The number of nitrogens with one attached hydrogen (secondary N) is 1. The van der Waals surface area contributed by atoms with Gasteiger partial charge in [-0.1, -0.05) is 13.8 Å². The molecule has 0 aromatic carbocycles. The predicted molar refractivity (Wildman–Crippen MR) is 58.0 cm³/mol. The highest BCUT2D eigenvalue weighted by atomic mass is 16.3. The Kier molecular flexibility index (Phi) is 3.91. The summed E-state index contributed by atoms with van der Waals surface area (Å²) in [6.07, 6.45) is 2.27. The number of nitrogens with two attached hydrogens (primary N) is 1. The standard InChI is InChI=1S/C11H18N2O2/c1-11(2,5-6-12)10(14)13-8-9-4-3-7-15-9/h3-4,7H,5-6,8,12H2,1-2H3,(H,13,14). The second-order valence-corrected chi connectivity index (χ2v) is 4.18. The van der Waals surface area contributed by atoms with E-state index in [9.17, 15) is 4.79 Å². The van der Waals surface area contributed by atoms with Crippen LogP contribution in [0.2, 0.25) is 0 Å². The Morgan fingerprint density at radius 1 is 1.60 bits per heavy atom. The Hall–Kier alpha value is -1.29. The molecule has 0 aliphatic rings. The first kappa shape index (κ1) is 11.8. The minimum absolute atomic E-state index is 0.00403. The molecule has 1 heterocycles. The zero-order valence-corrected chi connectivity index (χ0v) is 9.25. The SMILES string of the molecule is CC(C)(CCN)C(=O)NCc1ccco1. The van der Waals surface area contributed by atoms with Crippen LogP contribution in [0, 0.1) is 5.41 Å². The van der Waals surface area contributed by atoms with E-state index in [0.29, 0.717) is 19.5 Å². The van der Waals surface area contributed by atoms with E-state index in [1.807, 2.05) is 19.9 Å². The number of furan rings is 1.